The van der Waals surface area contributed by atoms with Gasteiger partial charge < -0.3 is 10.1 Å². The summed E-state index contributed by atoms with van der Waals surface area (Å²) in [5, 5.41) is 3.51. The number of carbonyl (C=O) groups is 2. The molecule has 2 rings (SSSR count). The van der Waals surface area contributed by atoms with Crippen LogP contribution in [-0.4, -0.2) is 18.3 Å². The van der Waals surface area contributed by atoms with Crippen LogP contribution in [-0.2, 0) is 4.79 Å². The smallest absolute Gasteiger partial charge is 0.262 e. The fourth-order valence-electron chi connectivity index (χ4n) is 1.72. The maximum Gasteiger partial charge on any atom is 0.262 e. The number of amides is 1. The molecule has 114 valence electrons. The molecular weight excluding hydrogens is 325 g/mol. The first-order chi connectivity index (χ1) is 10.5. The third-order valence-corrected chi connectivity index (χ3v) is 3.37. The predicted molar refractivity (Wildman–Crippen MR) is 87.0 cm³/mol. The molecule has 0 atom stereocenters. The Hall–Kier alpha value is -2.04. The van der Waals surface area contributed by atoms with E-state index in [1.54, 1.807) is 42.5 Å². The van der Waals surface area contributed by atoms with Gasteiger partial charge in [-0.15, -0.1) is 0 Å². The first-order valence-corrected chi connectivity index (χ1v) is 7.20. The maximum absolute atomic E-state index is 11.8. The zero-order valence-electron chi connectivity index (χ0n) is 11.7. The van der Waals surface area contributed by atoms with Crippen molar-refractivity contribution in [2.45, 2.75) is 6.92 Å². The molecule has 0 radical (unpaired) electrons. The van der Waals surface area contributed by atoms with Gasteiger partial charge >= 0.3 is 0 Å². The minimum atomic E-state index is -0.341. The molecule has 0 saturated heterocycles. The van der Waals surface area contributed by atoms with Gasteiger partial charge in [-0.25, -0.2) is 0 Å². The quantitative estimate of drug-likeness (QED) is 0.831. The van der Waals surface area contributed by atoms with Crippen molar-refractivity contribution in [1.82, 2.24) is 0 Å². The molecule has 4 nitrogen and oxygen atoms in total. The van der Waals surface area contributed by atoms with Crippen molar-refractivity contribution in [2.75, 3.05) is 11.9 Å². The number of nitrogens with one attached hydrogen (secondary N) is 1. The third-order valence-electron chi connectivity index (χ3n) is 2.83. The number of carbonyl (C=O) groups excluding carboxylic acids is 2. The van der Waals surface area contributed by atoms with Crippen molar-refractivity contribution in [1.29, 1.82) is 0 Å². The third kappa shape index (κ3) is 4.48. The molecule has 0 saturated carbocycles. The molecule has 0 aliphatic rings. The van der Waals surface area contributed by atoms with Crippen LogP contribution in [0.15, 0.2) is 42.5 Å². The summed E-state index contributed by atoms with van der Waals surface area (Å²) in [7, 11) is 0. The molecule has 0 spiro atoms. The van der Waals surface area contributed by atoms with E-state index in [1.807, 2.05) is 0 Å². The number of benzene rings is 2. The molecule has 0 fully saturated rings. The van der Waals surface area contributed by atoms with Crippen molar-refractivity contribution in [3.8, 4) is 5.75 Å². The number of hydrogen-bond donors (Lipinski definition) is 1. The first-order valence-electron chi connectivity index (χ1n) is 6.44. The van der Waals surface area contributed by atoms with Gasteiger partial charge in [-0.1, -0.05) is 23.2 Å². The summed E-state index contributed by atoms with van der Waals surface area (Å²) >= 11 is 11.8. The van der Waals surface area contributed by atoms with Crippen LogP contribution < -0.4 is 10.1 Å². The van der Waals surface area contributed by atoms with Gasteiger partial charge in [-0.05, 0) is 43.3 Å². The molecule has 2 aromatic rings. The van der Waals surface area contributed by atoms with Crippen LogP contribution in [0.3, 0.4) is 0 Å². The van der Waals surface area contributed by atoms with Gasteiger partial charge in [-0.3, -0.25) is 9.59 Å². The molecule has 0 unspecified atom stereocenters. The Morgan fingerprint density at radius 2 is 1.77 bits per heavy atom. The Kier molecular flexibility index (Phi) is 5.41. The summed E-state index contributed by atoms with van der Waals surface area (Å²) in [6, 6.07) is 11.4. The molecule has 0 bridgehead atoms. The average Bonchev–Trinajstić information content (AvgIpc) is 2.49. The van der Waals surface area contributed by atoms with E-state index in [9.17, 15) is 9.59 Å². The molecule has 22 heavy (non-hydrogen) atoms. The second-order valence-electron chi connectivity index (χ2n) is 4.55. The average molecular weight is 338 g/mol. The topological polar surface area (TPSA) is 55.4 Å². The van der Waals surface area contributed by atoms with Crippen LogP contribution >= 0.6 is 23.2 Å². The van der Waals surface area contributed by atoms with Crippen LogP contribution in [0.5, 0.6) is 5.75 Å². The van der Waals surface area contributed by atoms with Crippen molar-refractivity contribution >= 4 is 40.6 Å². The van der Waals surface area contributed by atoms with Crippen LogP contribution in [0.1, 0.15) is 17.3 Å². The van der Waals surface area contributed by atoms with E-state index in [0.29, 0.717) is 27.0 Å². The Morgan fingerprint density at radius 3 is 2.41 bits per heavy atom. The highest BCUT2D eigenvalue weighted by Crippen LogP contribution is 2.27. The highest BCUT2D eigenvalue weighted by atomic mass is 35.5. The number of ketones is 1. The number of halogens is 2. The molecule has 0 heterocycles. The monoisotopic (exact) mass is 337 g/mol. The summed E-state index contributed by atoms with van der Waals surface area (Å²) in [5.41, 5.74) is 1.16. The number of hydrogen-bond acceptors (Lipinski definition) is 3. The van der Waals surface area contributed by atoms with E-state index >= 15 is 0 Å². The first kappa shape index (κ1) is 16.3. The zero-order valence-corrected chi connectivity index (χ0v) is 13.2. The van der Waals surface area contributed by atoms with Crippen molar-refractivity contribution in [3.63, 3.8) is 0 Å². The van der Waals surface area contributed by atoms with Gasteiger partial charge in [0.05, 0.1) is 5.02 Å². The number of ether oxygens (including phenoxy) is 1. The van der Waals surface area contributed by atoms with Gasteiger partial charge in [0, 0.05) is 22.3 Å². The molecule has 2 aromatic carbocycles. The van der Waals surface area contributed by atoms with Crippen molar-refractivity contribution in [3.05, 3.63) is 58.1 Å². The predicted octanol–water partition coefficient (Wildman–Crippen LogP) is 4.21. The molecule has 0 aromatic heterocycles. The maximum atomic E-state index is 11.8. The van der Waals surface area contributed by atoms with E-state index < -0.39 is 0 Å². The summed E-state index contributed by atoms with van der Waals surface area (Å²) in [6.07, 6.45) is 0. The Bertz CT molecular complexity index is 699. The molecule has 1 N–H and O–H groups in total. The highest BCUT2D eigenvalue weighted by molar-refractivity contribution is 6.34. The lowest BCUT2D eigenvalue weighted by molar-refractivity contribution is -0.118. The number of rotatable bonds is 5. The van der Waals surface area contributed by atoms with Gasteiger partial charge in [0.15, 0.2) is 12.4 Å². The Balaban J connectivity index is 1.92. The van der Waals surface area contributed by atoms with Crippen LogP contribution in [0, 0.1) is 0 Å². The van der Waals surface area contributed by atoms with E-state index in [1.165, 1.54) is 6.92 Å². The number of anilines is 1. The van der Waals surface area contributed by atoms with Gasteiger partial charge in [0.25, 0.3) is 5.91 Å². The minimum Gasteiger partial charge on any atom is -0.482 e. The van der Waals surface area contributed by atoms with Crippen molar-refractivity contribution in [2.24, 2.45) is 0 Å². The molecule has 0 aliphatic carbocycles. The summed E-state index contributed by atoms with van der Waals surface area (Å²) in [4.78, 5) is 23.0. The normalized spacial score (nSPS) is 10.1. The van der Waals surface area contributed by atoms with Crippen LogP contribution in [0.2, 0.25) is 10.0 Å². The second kappa shape index (κ2) is 7.29. The summed E-state index contributed by atoms with van der Waals surface area (Å²) < 4.78 is 5.33. The molecule has 1 amide bonds. The van der Waals surface area contributed by atoms with Crippen LogP contribution in [0.4, 0.5) is 5.69 Å². The molecule has 6 heteroatoms. The number of Topliss-reactive ketones (excluding diaryl/α,β-unsaturated/α-hetero) is 1. The molecule has 0 aliphatic heterocycles. The lowest BCUT2D eigenvalue weighted by Gasteiger charge is -2.09. The standard InChI is InChI=1S/C16H13Cl2NO3/c1-10(20)11-2-5-13(6-3-11)19-16(21)9-22-15-8-12(17)4-7-14(15)18/h2-8H,9H2,1H3,(H,19,21). The lowest BCUT2D eigenvalue weighted by atomic mass is 10.1. The minimum absolute atomic E-state index is 0.0307. The Morgan fingerprint density at radius 1 is 1.09 bits per heavy atom. The fourth-order valence-corrected chi connectivity index (χ4v) is 2.05. The lowest BCUT2D eigenvalue weighted by Crippen LogP contribution is -2.20. The summed E-state index contributed by atoms with van der Waals surface area (Å²) in [5.74, 6) is -0.0281. The van der Waals surface area contributed by atoms with Gasteiger partial charge in [-0.2, -0.15) is 0 Å². The van der Waals surface area contributed by atoms with Crippen molar-refractivity contribution < 1.29 is 14.3 Å². The SMILES string of the molecule is CC(=O)c1ccc(NC(=O)COc2cc(Cl)ccc2Cl)cc1. The van der Waals surface area contributed by atoms with E-state index in [0.717, 1.165) is 0 Å². The second-order valence-corrected chi connectivity index (χ2v) is 5.39. The molecular formula is C16H13Cl2NO3. The van der Waals surface area contributed by atoms with Crippen LogP contribution in [0.25, 0.3) is 0 Å². The zero-order chi connectivity index (χ0) is 16.1. The highest BCUT2D eigenvalue weighted by Gasteiger charge is 2.07. The van der Waals surface area contributed by atoms with Gasteiger partial charge in [0.2, 0.25) is 0 Å². The largest absolute Gasteiger partial charge is 0.482 e. The van der Waals surface area contributed by atoms with E-state index in [4.69, 9.17) is 27.9 Å². The Labute approximate surface area is 138 Å². The summed E-state index contributed by atoms with van der Waals surface area (Å²) in [6.45, 7) is 1.28. The van der Waals surface area contributed by atoms with E-state index in [-0.39, 0.29) is 18.3 Å². The fraction of sp³-hybridized carbons (Fsp3) is 0.125. The van der Waals surface area contributed by atoms with E-state index in [2.05, 4.69) is 5.32 Å². The van der Waals surface area contributed by atoms with Gasteiger partial charge in [0.1, 0.15) is 5.75 Å².